The van der Waals surface area contributed by atoms with Gasteiger partial charge in [-0.15, -0.1) is 0 Å². The molecule has 0 atom stereocenters. The van der Waals surface area contributed by atoms with Crippen LogP contribution < -0.4 is 10.2 Å². The number of fused-ring (bicyclic) bond motifs is 3. The molecule has 6 nitrogen and oxygen atoms in total. The SMILES string of the molecule is CN1CCC2(CC1)CC(=O)c1ccc(-c3c[nH]c4ncc(-c5cc(F)c(F)c(N6CCNCC6)c5)cc34)cc12. The molecule has 4 aromatic rings. The van der Waals surface area contributed by atoms with Crippen molar-refractivity contribution >= 4 is 22.5 Å². The second-order valence-electron chi connectivity index (χ2n) is 11.3. The first kappa shape index (κ1) is 24.4. The molecule has 0 unspecified atom stereocenters. The van der Waals surface area contributed by atoms with Gasteiger partial charge in [-0.05, 0) is 73.9 Å². The number of hydrogen-bond acceptors (Lipinski definition) is 5. The molecular weight excluding hydrogens is 496 g/mol. The monoisotopic (exact) mass is 527 g/mol. The number of anilines is 1. The van der Waals surface area contributed by atoms with E-state index < -0.39 is 11.6 Å². The number of aromatic nitrogens is 2. The molecule has 0 amide bonds. The first-order chi connectivity index (χ1) is 18.9. The number of benzene rings is 2. The molecule has 2 aliphatic heterocycles. The third kappa shape index (κ3) is 4.05. The summed E-state index contributed by atoms with van der Waals surface area (Å²) in [6.45, 7) is 4.68. The van der Waals surface area contributed by atoms with Crippen molar-refractivity contribution in [2.75, 3.05) is 51.2 Å². The molecule has 8 heteroatoms. The van der Waals surface area contributed by atoms with Gasteiger partial charge in [0, 0.05) is 72.5 Å². The quantitative estimate of drug-likeness (QED) is 0.387. The van der Waals surface area contributed by atoms with E-state index >= 15 is 0 Å². The van der Waals surface area contributed by atoms with Crippen LogP contribution in [0.1, 0.15) is 35.2 Å². The summed E-state index contributed by atoms with van der Waals surface area (Å²) in [6, 6.07) is 11.2. The lowest BCUT2D eigenvalue weighted by Crippen LogP contribution is -2.44. The molecule has 3 aliphatic rings. The molecule has 1 aliphatic carbocycles. The predicted octanol–water partition coefficient (Wildman–Crippen LogP) is 5.13. The molecule has 7 rings (SSSR count). The number of nitrogens with zero attached hydrogens (tertiary/aromatic N) is 3. The normalized spacial score (nSPS) is 19.3. The van der Waals surface area contributed by atoms with Crippen LogP contribution in [0.15, 0.2) is 48.8 Å². The lowest BCUT2D eigenvalue weighted by Gasteiger charge is -2.38. The van der Waals surface area contributed by atoms with Gasteiger partial charge in [-0.2, -0.15) is 0 Å². The van der Waals surface area contributed by atoms with Gasteiger partial charge in [0.05, 0.1) is 5.69 Å². The number of carbonyl (C=O) groups is 1. The Morgan fingerprint density at radius 3 is 2.51 bits per heavy atom. The number of carbonyl (C=O) groups excluding carboxylic acids is 1. The molecule has 2 aromatic carbocycles. The summed E-state index contributed by atoms with van der Waals surface area (Å²) in [5.41, 5.74) is 6.26. The van der Waals surface area contributed by atoms with Gasteiger partial charge < -0.3 is 20.1 Å². The van der Waals surface area contributed by atoms with E-state index in [1.165, 1.54) is 6.07 Å². The molecule has 2 saturated heterocycles. The predicted molar refractivity (Wildman–Crippen MR) is 149 cm³/mol. The maximum Gasteiger partial charge on any atom is 0.182 e. The zero-order chi connectivity index (χ0) is 26.7. The van der Waals surface area contributed by atoms with Gasteiger partial charge in [0.15, 0.2) is 17.4 Å². The Morgan fingerprint density at radius 2 is 1.72 bits per heavy atom. The lowest BCUT2D eigenvalue weighted by atomic mass is 9.73. The van der Waals surface area contributed by atoms with Crippen molar-refractivity contribution in [3.8, 4) is 22.3 Å². The Morgan fingerprint density at radius 1 is 0.923 bits per heavy atom. The van der Waals surface area contributed by atoms with Crippen LogP contribution in [0.25, 0.3) is 33.3 Å². The largest absolute Gasteiger partial charge is 0.367 e. The number of rotatable bonds is 3. The third-order valence-electron chi connectivity index (χ3n) is 8.98. The first-order valence-electron chi connectivity index (χ1n) is 13.7. The average molecular weight is 528 g/mol. The number of H-pyrrole nitrogens is 1. The summed E-state index contributed by atoms with van der Waals surface area (Å²) in [6.07, 6.45) is 6.20. The minimum Gasteiger partial charge on any atom is -0.367 e. The van der Waals surface area contributed by atoms with Crippen molar-refractivity contribution in [2.45, 2.75) is 24.7 Å². The Bertz CT molecular complexity index is 1600. The van der Waals surface area contributed by atoms with Crippen LogP contribution in [-0.2, 0) is 5.41 Å². The van der Waals surface area contributed by atoms with Crippen LogP contribution in [0.3, 0.4) is 0 Å². The summed E-state index contributed by atoms with van der Waals surface area (Å²) in [5, 5.41) is 4.16. The van der Waals surface area contributed by atoms with Gasteiger partial charge in [-0.25, -0.2) is 13.8 Å². The van der Waals surface area contributed by atoms with E-state index in [0.29, 0.717) is 25.1 Å². The Labute approximate surface area is 226 Å². The molecule has 1 spiro atoms. The number of likely N-dealkylation sites (tertiary alicyclic amines) is 1. The summed E-state index contributed by atoms with van der Waals surface area (Å²) < 4.78 is 29.6. The molecule has 2 fully saturated rings. The van der Waals surface area contributed by atoms with Gasteiger partial charge in [-0.3, -0.25) is 4.79 Å². The number of ketones is 1. The van der Waals surface area contributed by atoms with Crippen LogP contribution in [-0.4, -0.2) is 67.0 Å². The number of nitrogens with one attached hydrogen (secondary N) is 2. The van der Waals surface area contributed by atoms with Crippen molar-refractivity contribution in [1.29, 1.82) is 0 Å². The van der Waals surface area contributed by atoms with Crippen LogP contribution in [0.5, 0.6) is 0 Å². The van der Waals surface area contributed by atoms with Crippen LogP contribution >= 0.6 is 0 Å². The maximum atomic E-state index is 14.8. The molecule has 39 heavy (non-hydrogen) atoms. The molecule has 0 radical (unpaired) electrons. The van der Waals surface area contributed by atoms with Crippen molar-refractivity contribution in [3.63, 3.8) is 0 Å². The third-order valence-corrected chi connectivity index (χ3v) is 8.98. The van der Waals surface area contributed by atoms with E-state index in [0.717, 1.165) is 77.9 Å². The van der Waals surface area contributed by atoms with Gasteiger partial charge in [-0.1, -0.05) is 12.1 Å². The number of Topliss-reactive ketones (excluding diaryl/α,β-unsaturated/α-hetero) is 1. The number of halogens is 2. The Hall–Kier alpha value is -3.62. The molecular formula is C31H31F2N5O. The fourth-order valence-corrected chi connectivity index (χ4v) is 6.66. The zero-order valence-corrected chi connectivity index (χ0v) is 22.0. The number of piperazine rings is 1. The van der Waals surface area contributed by atoms with Gasteiger partial charge >= 0.3 is 0 Å². The molecule has 0 saturated carbocycles. The molecule has 4 heterocycles. The standard InChI is InChI=1S/C31H31F2N5O/c1-37-8-4-31(5-9-37)16-28(39)22-3-2-19(13-25(22)31)24-18-36-30-23(24)12-21(17-35-30)20-14-26(32)29(33)27(15-20)38-10-6-34-7-11-38/h2-3,12-15,17-18,34H,4-11,16H2,1H3,(H,35,36). The van der Waals surface area contributed by atoms with E-state index in [1.807, 2.05) is 29.3 Å². The van der Waals surface area contributed by atoms with E-state index in [-0.39, 0.29) is 16.9 Å². The maximum absolute atomic E-state index is 14.8. The van der Waals surface area contributed by atoms with Crippen molar-refractivity contribution < 1.29 is 13.6 Å². The number of aromatic amines is 1. The number of piperidine rings is 1. The topological polar surface area (TPSA) is 64.3 Å². The highest BCUT2D eigenvalue weighted by Crippen LogP contribution is 2.47. The zero-order valence-electron chi connectivity index (χ0n) is 22.0. The Balaban J connectivity index is 1.29. The summed E-state index contributed by atoms with van der Waals surface area (Å²) in [4.78, 5) is 25.0. The fourth-order valence-electron chi connectivity index (χ4n) is 6.66. The van der Waals surface area contributed by atoms with Crippen LogP contribution in [0, 0.1) is 11.6 Å². The van der Waals surface area contributed by atoms with Gasteiger partial charge in [0.1, 0.15) is 5.65 Å². The minimum atomic E-state index is -0.859. The lowest BCUT2D eigenvalue weighted by molar-refractivity contribution is 0.0945. The first-order valence-corrected chi connectivity index (χ1v) is 13.7. The van der Waals surface area contributed by atoms with E-state index in [1.54, 1.807) is 12.3 Å². The summed E-state index contributed by atoms with van der Waals surface area (Å²) >= 11 is 0. The van der Waals surface area contributed by atoms with Crippen molar-refractivity contribution in [2.24, 2.45) is 0 Å². The van der Waals surface area contributed by atoms with Crippen LogP contribution in [0.2, 0.25) is 0 Å². The average Bonchev–Trinajstić information content (AvgIpc) is 3.50. The van der Waals surface area contributed by atoms with E-state index in [2.05, 4.69) is 33.3 Å². The highest BCUT2D eigenvalue weighted by Gasteiger charge is 2.44. The summed E-state index contributed by atoms with van der Waals surface area (Å²) in [7, 11) is 2.14. The highest BCUT2D eigenvalue weighted by atomic mass is 19.2. The van der Waals surface area contributed by atoms with E-state index in [4.69, 9.17) is 0 Å². The van der Waals surface area contributed by atoms with Gasteiger partial charge in [0.25, 0.3) is 0 Å². The highest BCUT2D eigenvalue weighted by molar-refractivity contribution is 6.04. The number of pyridine rings is 1. The molecule has 2 aromatic heterocycles. The number of hydrogen-bond donors (Lipinski definition) is 2. The van der Waals surface area contributed by atoms with Gasteiger partial charge in [0.2, 0.25) is 0 Å². The van der Waals surface area contributed by atoms with Crippen molar-refractivity contribution in [3.05, 3.63) is 71.6 Å². The van der Waals surface area contributed by atoms with Crippen molar-refractivity contribution in [1.82, 2.24) is 20.2 Å². The summed E-state index contributed by atoms with van der Waals surface area (Å²) in [5.74, 6) is -1.43. The van der Waals surface area contributed by atoms with Crippen LogP contribution in [0.4, 0.5) is 14.5 Å². The molecule has 200 valence electrons. The smallest absolute Gasteiger partial charge is 0.182 e. The second kappa shape index (κ2) is 9.24. The molecule has 2 N–H and O–H groups in total. The minimum absolute atomic E-state index is 0.0868. The second-order valence-corrected chi connectivity index (χ2v) is 11.3. The van der Waals surface area contributed by atoms with E-state index in [9.17, 15) is 13.6 Å². The fraction of sp³-hybridized carbons (Fsp3) is 0.355. The Kier molecular flexibility index (Phi) is 5.79. The molecule has 0 bridgehead atoms.